The number of benzene rings is 1. The lowest BCUT2D eigenvalue weighted by Gasteiger charge is -2.18. The zero-order chi connectivity index (χ0) is 15.1. The van der Waals surface area contributed by atoms with E-state index in [0.717, 1.165) is 32.7 Å². The van der Waals surface area contributed by atoms with Gasteiger partial charge in [-0.1, -0.05) is 38.1 Å². The van der Waals surface area contributed by atoms with Gasteiger partial charge in [-0.2, -0.15) is 0 Å². The van der Waals surface area contributed by atoms with Crippen molar-refractivity contribution in [2.24, 2.45) is 0 Å². The fraction of sp³-hybridized carbons (Fsp3) is 0.412. The Balaban J connectivity index is 1.79. The van der Waals surface area contributed by atoms with Gasteiger partial charge in [-0.3, -0.25) is 4.90 Å². The van der Waals surface area contributed by atoms with Crippen LogP contribution in [-0.2, 0) is 19.6 Å². The fourth-order valence-corrected chi connectivity index (χ4v) is 3.47. The van der Waals surface area contributed by atoms with Crippen molar-refractivity contribution in [3.8, 4) is 0 Å². The highest BCUT2D eigenvalue weighted by Gasteiger charge is 2.01. The molecule has 1 aromatic heterocycles. The first-order valence-corrected chi connectivity index (χ1v) is 9.12. The maximum absolute atomic E-state index is 3.49. The molecule has 1 N–H and O–H groups in total. The molecule has 2 rings (SSSR count). The molecule has 1 aromatic carbocycles. The topological polar surface area (TPSA) is 15.3 Å². The van der Waals surface area contributed by atoms with Crippen LogP contribution in [0, 0.1) is 0 Å². The van der Waals surface area contributed by atoms with Gasteiger partial charge in [0.05, 0.1) is 3.79 Å². The SMILES string of the molecule is CCN(CC)Cc1ccc(CNCc2csc(Br)c2)cc1. The predicted octanol–water partition coefficient (Wildman–Crippen LogP) is 4.64. The molecule has 114 valence electrons. The minimum Gasteiger partial charge on any atom is -0.309 e. The van der Waals surface area contributed by atoms with Gasteiger partial charge in [-0.25, -0.2) is 0 Å². The van der Waals surface area contributed by atoms with Crippen molar-refractivity contribution in [1.29, 1.82) is 0 Å². The maximum Gasteiger partial charge on any atom is 0.0701 e. The Kier molecular flexibility index (Phi) is 6.90. The summed E-state index contributed by atoms with van der Waals surface area (Å²) in [5, 5.41) is 5.67. The van der Waals surface area contributed by atoms with Crippen LogP contribution in [0.15, 0.2) is 39.5 Å². The third-order valence-corrected chi connectivity index (χ3v) is 5.16. The lowest BCUT2D eigenvalue weighted by molar-refractivity contribution is 0.296. The minimum absolute atomic E-state index is 0.916. The highest BCUT2D eigenvalue weighted by Crippen LogP contribution is 2.20. The van der Waals surface area contributed by atoms with Crippen molar-refractivity contribution in [2.75, 3.05) is 13.1 Å². The van der Waals surface area contributed by atoms with Crippen LogP contribution >= 0.6 is 27.3 Å². The molecule has 1 heterocycles. The first-order valence-electron chi connectivity index (χ1n) is 7.45. The van der Waals surface area contributed by atoms with Gasteiger partial charge in [0.15, 0.2) is 0 Å². The number of thiophene rings is 1. The molecule has 0 saturated heterocycles. The van der Waals surface area contributed by atoms with Crippen molar-refractivity contribution in [3.63, 3.8) is 0 Å². The Hall–Kier alpha value is -0.680. The second kappa shape index (κ2) is 8.69. The molecule has 4 heteroatoms. The molecule has 0 radical (unpaired) electrons. The highest BCUT2D eigenvalue weighted by atomic mass is 79.9. The van der Waals surface area contributed by atoms with Gasteiger partial charge in [0.25, 0.3) is 0 Å². The van der Waals surface area contributed by atoms with E-state index < -0.39 is 0 Å². The Morgan fingerprint density at radius 1 is 1.00 bits per heavy atom. The van der Waals surface area contributed by atoms with Crippen LogP contribution in [0.25, 0.3) is 0 Å². The monoisotopic (exact) mass is 366 g/mol. The maximum atomic E-state index is 3.49. The number of nitrogens with one attached hydrogen (secondary N) is 1. The minimum atomic E-state index is 0.916. The van der Waals surface area contributed by atoms with E-state index in [9.17, 15) is 0 Å². The molecule has 0 aliphatic carbocycles. The van der Waals surface area contributed by atoms with Crippen molar-refractivity contribution in [1.82, 2.24) is 10.2 Å². The first-order chi connectivity index (χ1) is 10.2. The molecular formula is C17H23BrN2S. The summed E-state index contributed by atoms with van der Waals surface area (Å²) in [5.41, 5.74) is 4.07. The molecule has 0 unspecified atom stereocenters. The van der Waals surface area contributed by atoms with Crippen molar-refractivity contribution >= 4 is 27.3 Å². The summed E-state index contributed by atoms with van der Waals surface area (Å²) >= 11 is 5.23. The summed E-state index contributed by atoms with van der Waals surface area (Å²) in [6, 6.07) is 11.1. The van der Waals surface area contributed by atoms with Crippen molar-refractivity contribution < 1.29 is 0 Å². The van der Waals surface area contributed by atoms with Gasteiger partial charge in [0, 0.05) is 19.6 Å². The molecule has 2 aromatic rings. The fourth-order valence-electron chi connectivity index (χ4n) is 2.26. The average molecular weight is 367 g/mol. The number of rotatable bonds is 8. The van der Waals surface area contributed by atoms with Crippen molar-refractivity contribution in [3.05, 3.63) is 56.2 Å². The Bertz CT molecular complexity index is 532. The average Bonchev–Trinajstić information content (AvgIpc) is 2.92. The van der Waals surface area contributed by atoms with E-state index >= 15 is 0 Å². The summed E-state index contributed by atoms with van der Waals surface area (Å²) in [6.07, 6.45) is 0. The van der Waals surface area contributed by atoms with Crippen LogP contribution in [0.5, 0.6) is 0 Å². The van der Waals surface area contributed by atoms with Crippen LogP contribution in [0.2, 0.25) is 0 Å². The normalized spacial score (nSPS) is 11.2. The first kappa shape index (κ1) is 16.7. The van der Waals surface area contributed by atoms with Gasteiger partial charge in [-0.05, 0) is 57.2 Å². The van der Waals surface area contributed by atoms with Gasteiger partial charge >= 0.3 is 0 Å². The van der Waals surface area contributed by atoms with E-state index in [1.165, 1.54) is 20.5 Å². The largest absolute Gasteiger partial charge is 0.309 e. The molecule has 0 fully saturated rings. The lowest BCUT2D eigenvalue weighted by atomic mass is 10.1. The molecule has 0 aliphatic heterocycles. The van der Waals surface area contributed by atoms with Crippen LogP contribution in [-0.4, -0.2) is 18.0 Å². The highest BCUT2D eigenvalue weighted by molar-refractivity contribution is 9.11. The van der Waals surface area contributed by atoms with Gasteiger partial charge < -0.3 is 5.32 Å². The van der Waals surface area contributed by atoms with Gasteiger partial charge in [0.1, 0.15) is 0 Å². The molecule has 2 nitrogen and oxygen atoms in total. The molecule has 0 bridgehead atoms. The predicted molar refractivity (Wildman–Crippen MR) is 95.6 cm³/mol. The molecular weight excluding hydrogens is 344 g/mol. The molecule has 0 spiro atoms. The van der Waals surface area contributed by atoms with E-state index in [-0.39, 0.29) is 0 Å². The number of hydrogen-bond acceptors (Lipinski definition) is 3. The van der Waals surface area contributed by atoms with Crippen molar-refractivity contribution in [2.45, 2.75) is 33.5 Å². The van der Waals surface area contributed by atoms with E-state index in [1.807, 2.05) is 0 Å². The van der Waals surface area contributed by atoms with Gasteiger partial charge in [-0.15, -0.1) is 11.3 Å². The van der Waals surface area contributed by atoms with Crippen LogP contribution in [0.1, 0.15) is 30.5 Å². The lowest BCUT2D eigenvalue weighted by Crippen LogP contribution is -2.22. The van der Waals surface area contributed by atoms with E-state index in [0.29, 0.717) is 0 Å². The molecule has 0 saturated carbocycles. The third kappa shape index (κ3) is 5.55. The number of halogens is 1. The van der Waals surface area contributed by atoms with Crippen LogP contribution in [0.4, 0.5) is 0 Å². The zero-order valence-corrected chi connectivity index (χ0v) is 15.1. The van der Waals surface area contributed by atoms with Crippen LogP contribution in [0.3, 0.4) is 0 Å². The van der Waals surface area contributed by atoms with Crippen LogP contribution < -0.4 is 5.32 Å². The summed E-state index contributed by atoms with van der Waals surface area (Å²) in [7, 11) is 0. The number of hydrogen-bond donors (Lipinski definition) is 1. The summed E-state index contributed by atoms with van der Waals surface area (Å²) < 4.78 is 1.19. The van der Waals surface area contributed by atoms with E-state index in [2.05, 4.69) is 75.7 Å². The van der Waals surface area contributed by atoms with Gasteiger partial charge in [0.2, 0.25) is 0 Å². The van der Waals surface area contributed by atoms with E-state index in [4.69, 9.17) is 0 Å². The van der Waals surface area contributed by atoms with E-state index in [1.54, 1.807) is 11.3 Å². The molecule has 21 heavy (non-hydrogen) atoms. The summed E-state index contributed by atoms with van der Waals surface area (Å²) in [4.78, 5) is 2.43. The molecule has 0 aliphatic rings. The summed E-state index contributed by atoms with van der Waals surface area (Å²) in [6.45, 7) is 9.52. The second-order valence-electron chi connectivity index (χ2n) is 5.14. The quantitative estimate of drug-likeness (QED) is 0.731. The standard InChI is InChI=1S/C17H23BrN2S/c1-3-20(4-2)12-15-7-5-14(6-8-15)10-19-11-16-9-17(18)21-13-16/h5-9,13,19H,3-4,10-12H2,1-2H3. The third-order valence-electron chi connectivity index (χ3n) is 3.60. The Morgan fingerprint density at radius 3 is 2.19 bits per heavy atom. The Labute approximate surface area is 140 Å². The zero-order valence-electron chi connectivity index (χ0n) is 12.7. The Morgan fingerprint density at radius 2 is 1.62 bits per heavy atom. The number of nitrogens with zero attached hydrogens (tertiary/aromatic N) is 1. The molecule has 0 atom stereocenters. The second-order valence-corrected chi connectivity index (χ2v) is 7.43. The summed E-state index contributed by atoms with van der Waals surface area (Å²) in [5.74, 6) is 0. The smallest absolute Gasteiger partial charge is 0.0701 e. The molecule has 0 amide bonds.